The summed E-state index contributed by atoms with van der Waals surface area (Å²) >= 11 is 0. The van der Waals surface area contributed by atoms with Gasteiger partial charge in [0.15, 0.2) is 0 Å². The Morgan fingerprint density at radius 1 is 0.833 bits per heavy atom. The van der Waals surface area contributed by atoms with Crippen molar-refractivity contribution in [3.8, 4) is 5.75 Å². The van der Waals surface area contributed by atoms with Crippen LogP contribution in [0, 0.1) is 19.7 Å². The van der Waals surface area contributed by atoms with Crippen molar-refractivity contribution in [1.29, 1.82) is 0 Å². The molecule has 4 nitrogen and oxygen atoms in total. The van der Waals surface area contributed by atoms with Crippen LogP contribution in [-0.2, 0) is 23.8 Å². The average molecular weight is 428 g/mol. The van der Waals surface area contributed by atoms with Crippen molar-refractivity contribution in [1.82, 2.24) is 0 Å². The second-order valence-electron chi connectivity index (χ2n) is 7.79. The number of rotatable bonds is 7. The van der Waals surface area contributed by atoms with E-state index in [1.165, 1.54) is 12.1 Å². The molecule has 6 heteroatoms. The van der Waals surface area contributed by atoms with Crippen LogP contribution in [0.25, 0.3) is 0 Å². The van der Waals surface area contributed by atoms with E-state index in [9.17, 15) is 14.1 Å². The van der Waals surface area contributed by atoms with Gasteiger partial charge in [-0.15, -0.1) is 0 Å². The minimum Gasteiger partial charge on any atom is -0.508 e. The van der Waals surface area contributed by atoms with Gasteiger partial charge in [0.2, 0.25) is 0 Å². The summed E-state index contributed by atoms with van der Waals surface area (Å²) in [6.07, 6.45) is 1.38. The Balaban J connectivity index is 1.80. The SMILES string of the molecule is Cc1cc(CCP(=O)(O)O)cc(C)c1Cc1ccc(O)c(Cc2ccc(F)cc2)c1. The van der Waals surface area contributed by atoms with Gasteiger partial charge >= 0.3 is 7.60 Å². The average Bonchev–Trinajstić information content (AvgIpc) is 2.66. The first-order chi connectivity index (χ1) is 14.1. The Kier molecular flexibility index (Phi) is 6.77. The highest BCUT2D eigenvalue weighted by atomic mass is 31.2. The van der Waals surface area contributed by atoms with Gasteiger partial charge in [-0.05, 0) is 83.8 Å². The maximum atomic E-state index is 13.1. The first kappa shape index (κ1) is 22.2. The number of halogens is 1. The predicted octanol–water partition coefficient (Wildman–Crippen LogP) is 5.05. The molecule has 3 aromatic carbocycles. The quantitative estimate of drug-likeness (QED) is 0.460. The zero-order chi connectivity index (χ0) is 21.9. The molecule has 0 spiro atoms. The fourth-order valence-electron chi connectivity index (χ4n) is 3.70. The zero-order valence-corrected chi connectivity index (χ0v) is 18.0. The molecule has 30 heavy (non-hydrogen) atoms. The monoisotopic (exact) mass is 428 g/mol. The fourth-order valence-corrected chi connectivity index (χ4v) is 4.25. The van der Waals surface area contributed by atoms with E-state index in [0.29, 0.717) is 19.3 Å². The molecule has 0 heterocycles. The van der Waals surface area contributed by atoms with Crippen molar-refractivity contribution >= 4 is 7.60 Å². The molecule has 0 radical (unpaired) electrons. The molecular weight excluding hydrogens is 402 g/mol. The van der Waals surface area contributed by atoms with E-state index in [2.05, 4.69) is 0 Å². The molecule has 158 valence electrons. The van der Waals surface area contributed by atoms with E-state index in [4.69, 9.17) is 9.79 Å². The molecule has 3 rings (SSSR count). The summed E-state index contributed by atoms with van der Waals surface area (Å²) in [5, 5.41) is 10.2. The number of hydrogen-bond donors (Lipinski definition) is 3. The smallest absolute Gasteiger partial charge is 0.325 e. The fraction of sp³-hybridized carbons (Fsp3) is 0.250. The summed E-state index contributed by atoms with van der Waals surface area (Å²) in [7, 11) is -4.01. The van der Waals surface area contributed by atoms with E-state index >= 15 is 0 Å². The lowest BCUT2D eigenvalue weighted by Gasteiger charge is -2.15. The predicted molar refractivity (Wildman–Crippen MR) is 117 cm³/mol. The summed E-state index contributed by atoms with van der Waals surface area (Å²) in [4.78, 5) is 18.2. The molecule has 0 bridgehead atoms. The summed E-state index contributed by atoms with van der Waals surface area (Å²) in [6, 6.07) is 15.8. The van der Waals surface area contributed by atoms with E-state index < -0.39 is 7.60 Å². The lowest BCUT2D eigenvalue weighted by atomic mass is 9.92. The van der Waals surface area contributed by atoms with E-state index in [1.54, 1.807) is 18.2 Å². The van der Waals surface area contributed by atoms with Gasteiger partial charge in [-0.1, -0.05) is 36.4 Å². The van der Waals surface area contributed by atoms with Crippen LogP contribution in [-0.4, -0.2) is 21.1 Å². The number of phenols is 1. The summed E-state index contributed by atoms with van der Waals surface area (Å²) in [6.45, 7) is 4.01. The largest absolute Gasteiger partial charge is 0.508 e. The highest BCUT2D eigenvalue weighted by Crippen LogP contribution is 2.35. The minimum absolute atomic E-state index is 0.157. The van der Waals surface area contributed by atoms with Crippen molar-refractivity contribution in [3.05, 3.63) is 99.4 Å². The van der Waals surface area contributed by atoms with Gasteiger partial charge in [0.25, 0.3) is 0 Å². The molecule has 0 atom stereocenters. The van der Waals surface area contributed by atoms with Crippen LogP contribution < -0.4 is 0 Å². The van der Waals surface area contributed by atoms with Crippen LogP contribution in [0.3, 0.4) is 0 Å². The molecule has 0 unspecified atom stereocenters. The first-order valence-electron chi connectivity index (χ1n) is 9.79. The van der Waals surface area contributed by atoms with Crippen LogP contribution in [0.1, 0.15) is 38.9 Å². The summed E-state index contributed by atoms with van der Waals surface area (Å²) < 4.78 is 24.3. The van der Waals surface area contributed by atoms with Gasteiger partial charge in [0, 0.05) is 6.42 Å². The number of hydrogen-bond acceptors (Lipinski definition) is 2. The standard InChI is InChI=1S/C24H26FO4P/c1-16-11-20(9-10-30(27,28)29)12-17(2)23(16)15-19-5-8-24(26)21(14-19)13-18-3-6-22(25)7-4-18/h3-8,11-12,14,26H,9-10,13,15H2,1-2H3,(H2,27,28,29). The second-order valence-corrected chi connectivity index (χ2v) is 9.57. The van der Waals surface area contributed by atoms with E-state index in [1.807, 2.05) is 38.1 Å². The van der Waals surface area contributed by atoms with Gasteiger partial charge in [-0.3, -0.25) is 4.57 Å². The number of phenolic OH excluding ortho intramolecular Hbond substituents is 1. The Labute approximate surface area is 176 Å². The molecule has 0 fully saturated rings. The van der Waals surface area contributed by atoms with Gasteiger partial charge in [-0.25, -0.2) is 4.39 Å². The lowest BCUT2D eigenvalue weighted by molar-refractivity contribution is 0.373. The Bertz CT molecular complexity index is 1060. The van der Waals surface area contributed by atoms with E-state index in [-0.39, 0.29) is 17.7 Å². The highest BCUT2D eigenvalue weighted by molar-refractivity contribution is 7.51. The number of benzene rings is 3. The van der Waals surface area contributed by atoms with Crippen LogP contribution in [0.2, 0.25) is 0 Å². The zero-order valence-electron chi connectivity index (χ0n) is 17.1. The Morgan fingerprint density at radius 3 is 2.03 bits per heavy atom. The Morgan fingerprint density at radius 2 is 1.43 bits per heavy atom. The molecule has 3 aromatic rings. The topological polar surface area (TPSA) is 77.8 Å². The van der Waals surface area contributed by atoms with Crippen molar-refractivity contribution in [2.45, 2.75) is 33.1 Å². The van der Waals surface area contributed by atoms with Crippen molar-refractivity contribution < 1.29 is 23.8 Å². The molecule has 0 saturated heterocycles. The molecule has 0 amide bonds. The number of aromatic hydroxyl groups is 1. The van der Waals surface area contributed by atoms with Gasteiger partial charge < -0.3 is 14.9 Å². The molecule has 0 saturated carbocycles. The van der Waals surface area contributed by atoms with Crippen LogP contribution >= 0.6 is 7.60 Å². The molecule has 0 aliphatic heterocycles. The molecule has 3 N–H and O–H groups in total. The van der Waals surface area contributed by atoms with Gasteiger partial charge in [0.05, 0.1) is 6.16 Å². The summed E-state index contributed by atoms with van der Waals surface area (Å²) in [5.41, 5.74) is 6.98. The molecule has 0 aliphatic rings. The maximum Gasteiger partial charge on any atom is 0.325 e. The van der Waals surface area contributed by atoms with Gasteiger partial charge in [-0.2, -0.15) is 0 Å². The molecule has 0 aliphatic carbocycles. The van der Waals surface area contributed by atoms with Crippen molar-refractivity contribution in [3.63, 3.8) is 0 Å². The van der Waals surface area contributed by atoms with Crippen LogP contribution in [0.5, 0.6) is 5.75 Å². The van der Waals surface area contributed by atoms with Crippen molar-refractivity contribution in [2.24, 2.45) is 0 Å². The Hall–Kier alpha value is -2.46. The highest BCUT2D eigenvalue weighted by Gasteiger charge is 2.14. The van der Waals surface area contributed by atoms with Crippen LogP contribution in [0.4, 0.5) is 4.39 Å². The third kappa shape index (κ3) is 6.02. The van der Waals surface area contributed by atoms with Crippen LogP contribution in [0.15, 0.2) is 54.6 Å². The number of aryl methyl sites for hydroxylation is 3. The van der Waals surface area contributed by atoms with Crippen molar-refractivity contribution in [2.75, 3.05) is 6.16 Å². The molecule has 0 aromatic heterocycles. The normalized spacial score (nSPS) is 11.6. The third-order valence-corrected chi connectivity index (χ3v) is 6.09. The maximum absolute atomic E-state index is 13.1. The third-order valence-electron chi connectivity index (χ3n) is 5.28. The van der Waals surface area contributed by atoms with Gasteiger partial charge in [0.1, 0.15) is 11.6 Å². The first-order valence-corrected chi connectivity index (χ1v) is 11.6. The summed E-state index contributed by atoms with van der Waals surface area (Å²) in [5.74, 6) is -0.0729. The lowest BCUT2D eigenvalue weighted by Crippen LogP contribution is -2.01. The molecular formula is C24H26FO4P. The second kappa shape index (κ2) is 9.13. The minimum atomic E-state index is -4.01. The van der Waals surface area contributed by atoms with E-state index in [0.717, 1.165) is 38.9 Å².